The van der Waals surface area contributed by atoms with Crippen LogP contribution in [0.1, 0.15) is 44.9 Å². The monoisotopic (exact) mass is 208 g/mol. The van der Waals surface area contributed by atoms with Gasteiger partial charge in [0.15, 0.2) is 0 Å². The van der Waals surface area contributed by atoms with E-state index in [0.717, 1.165) is 18.0 Å². The number of hydrogen-bond donors (Lipinski definition) is 1. The van der Waals surface area contributed by atoms with Gasteiger partial charge in [-0.15, -0.1) is 0 Å². The van der Waals surface area contributed by atoms with E-state index in [1.54, 1.807) is 0 Å². The highest BCUT2D eigenvalue weighted by Crippen LogP contribution is 2.31. The van der Waals surface area contributed by atoms with Crippen molar-refractivity contribution in [2.45, 2.75) is 57.0 Å². The molecule has 2 aliphatic carbocycles. The quantitative estimate of drug-likeness (QED) is 0.760. The molecular weight excluding hydrogens is 184 g/mol. The molecule has 1 aliphatic heterocycles. The Labute approximate surface area is 93.4 Å². The Bertz CT molecular complexity index is 207. The lowest BCUT2D eigenvalue weighted by Gasteiger charge is -2.19. The zero-order valence-electron chi connectivity index (χ0n) is 9.75. The maximum absolute atomic E-state index is 3.86. The number of hydrogen-bond acceptors (Lipinski definition) is 2. The molecule has 1 unspecified atom stereocenters. The molecule has 3 aliphatic rings. The Morgan fingerprint density at radius 1 is 0.933 bits per heavy atom. The summed E-state index contributed by atoms with van der Waals surface area (Å²) in [5.41, 5.74) is 0. The van der Waals surface area contributed by atoms with Crippen LogP contribution in [0.4, 0.5) is 0 Å². The van der Waals surface area contributed by atoms with E-state index in [1.807, 2.05) is 0 Å². The number of likely N-dealkylation sites (tertiary alicyclic amines) is 1. The van der Waals surface area contributed by atoms with Crippen LogP contribution in [0.3, 0.4) is 0 Å². The summed E-state index contributed by atoms with van der Waals surface area (Å²) in [5, 5.41) is 3.86. The van der Waals surface area contributed by atoms with Crippen molar-refractivity contribution < 1.29 is 0 Å². The van der Waals surface area contributed by atoms with Crippen molar-refractivity contribution in [2.24, 2.45) is 5.92 Å². The third-order valence-electron chi connectivity index (χ3n) is 4.31. The molecule has 1 N–H and O–H groups in total. The fourth-order valence-electron chi connectivity index (χ4n) is 3.23. The molecule has 3 fully saturated rings. The average Bonchev–Trinajstić information content (AvgIpc) is 2.74. The van der Waals surface area contributed by atoms with Crippen molar-refractivity contribution in [3.05, 3.63) is 0 Å². The lowest BCUT2D eigenvalue weighted by atomic mass is 10.2. The molecule has 0 aromatic carbocycles. The second-order valence-corrected chi connectivity index (χ2v) is 5.84. The van der Waals surface area contributed by atoms with Gasteiger partial charge < -0.3 is 10.2 Å². The standard InChI is InChI=1S/C13H24N2/c1-2-4-12(3-1)14-13-7-8-15(10-13)9-11-5-6-11/h11-14H,1-10H2. The molecule has 0 aromatic heterocycles. The molecule has 1 saturated heterocycles. The van der Waals surface area contributed by atoms with Gasteiger partial charge in [0.25, 0.3) is 0 Å². The minimum Gasteiger partial charge on any atom is -0.310 e. The normalized spacial score (nSPS) is 34.0. The van der Waals surface area contributed by atoms with E-state index in [0.29, 0.717) is 0 Å². The van der Waals surface area contributed by atoms with Gasteiger partial charge in [-0.1, -0.05) is 12.8 Å². The van der Waals surface area contributed by atoms with E-state index in [4.69, 9.17) is 0 Å². The number of rotatable bonds is 4. The van der Waals surface area contributed by atoms with Gasteiger partial charge >= 0.3 is 0 Å². The first kappa shape index (κ1) is 10.1. The molecule has 2 saturated carbocycles. The van der Waals surface area contributed by atoms with Crippen LogP contribution in [0.5, 0.6) is 0 Å². The van der Waals surface area contributed by atoms with Gasteiger partial charge in [-0.25, -0.2) is 0 Å². The Kier molecular flexibility index (Phi) is 2.98. The zero-order valence-corrected chi connectivity index (χ0v) is 9.75. The summed E-state index contributed by atoms with van der Waals surface area (Å²) in [6.07, 6.45) is 10.2. The molecule has 1 atom stereocenters. The van der Waals surface area contributed by atoms with Gasteiger partial charge in [-0.05, 0) is 44.6 Å². The van der Waals surface area contributed by atoms with Gasteiger partial charge in [0.05, 0.1) is 0 Å². The minimum absolute atomic E-state index is 0.812. The maximum atomic E-state index is 3.86. The molecule has 2 nitrogen and oxygen atoms in total. The van der Waals surface area contributed by atoms with E-state index >= 15 is 0 Å². The van der Waals surface area contributed by atoms with Crippen LogP contribution in [-0.2, 0) is 0 Å². The summed E-state index contributed by atoms with van der Waals surface area (Å²) < 4.78 is 0. The van der Waals surface area contributed by atoms with E-state index in [-0.39, 0.29) is 0 Å². The van der Waals surface area contributed by atoms with Crippen molar-refractivity contribution in [1.82, 2.24) is 10.2 Å². The van der Waals surface area contributed by atoms with Gasteiger partial charge in [0.2, 0.25) is 0 Å². The topological polar surface area (TPSA) is 15.3 Å². The van der Waals surface area contributed by atoms with Crippen LogP contribution in [0.25, 0.3) is 0 Å². The summed E-state index contributed by atoms with van der Waals surface area (Å²) in [6, 6.07) is 1.67. The first-order valence-corrected chi connectivity index (χ1v) is 6.88. The molecule has 3 rings (SSSR count). The lowest BCUT2D eigenvalue weighted by Crippen LogP contribution is -2.38. The van der Waals surface area contributed by atoms with Gasteiger partial charge in [-0.3, -0.25) is 0 Å². The first-order valence-electron chi connectivity index (χ1n) is 6.88. The lowest BCUT2D eigenvalue weighted by molar-refractivity contribution is 0.309. The summed E-state index contributed by atoms with van der Waals surface area (Å²) >= 11 is 0. The molecule has 0 aromatic rings. The van der Waals surface area contributed by atoms with Gasteiger partial charge in [0.1, 0.15) is 0 Å². The highest BCUT2D eigenvalue weighted by Gasteiger charge is 2.30. The third kappa shape index (κ3) is 2.73. The highest BCUT2D eigenvalue weighted by atomic mass is 15.2. The maximum Gasteiger partial charge on any atom is 0.0209 e. The summed E-state index contributed by atoms with van der Waals surface area (Å²) in [6.45, 7) is 4.07. The highest BCUT2D eigenvalue weighted by molar-refractivity contribution is 4.88. The van der Waals surface area contributed by atoms with Crippen LogP contribution in [0.2, 0.25) is 0 Å². The summed E-state index contributed by atoms with van der Waals surface area (Å²) in [5.74, 6) is 1.07. The average molecular weight is 208 g/mol. The van der Waals surface area contributed by atoms with Crippen molar-refractivity contribution in [2.75, 3.05) is 19.6 Å². The molecule has 0 spiro atoms. The van der Waals surface area contributed by atoms with E-state index < -0.39 is 0 Å². The summed E-state index contributed by atoms with van der Waals surface area (Å²) in [7, 11) is 0. The number of nitrogens with zero attached hydrogens (tertiary/aromatic N) is 1. The summed E-state index contributed by atoms with van der Waals surface area (Å²) in [4.78, 5) is 2.68. The second kappa shape index (κ2) is 4.42. The first-order chi connectivity index (χ1) is 7.40. The molecule has 15 heavy (non-hydrogen) atoms. The molecular formula is C13H24N2. The largest absolute Gasteiger partial charge is 0.310 e. The van der Waals surface area contributed by atoms with Gasteiger partial charge in [-0.2, -0.15) is 0 Å². The van der Waals surface area contributed by atoms with Crippen LogP contribution in [0.15, 0.2) is 0 Å². The third-order valence-corrected chi connectivity index (χ3v) is 4.31. The predicted molar refractivity (Wildman–Crippen MR) is 63.0 cm³/mol. The van der Waals surface area contributed by atoms with Crippen molar-refractivity contribution in [1.29, 1.82) is 0 Å². The number of nitrogens with one attached hydrogen (secondary N) is 1. The van der Waals surface area contributed by atoms with E-state index in [9.17, 15) is 0 Å². The van der Waals surface area contributed by atoms with Crippen molar-refractivity contribution in [3.8, 4) is 0 Å². The van der Waals surface area contributed by atoms with Crippen LogP contribution >= 0.6 is 0 Å². The molecule has 0 amide bonds. The Balaban J connectivity index is 1.39. The molecule has 2 heteroatoms. The zero-order chi connectivity index (χ0) is 10.1. The SMILES string of the molecule is C1CCC(NC2CCN(CC3CC3)C2)C1. The molecule has 1 heterocycles. The Morgan fingerprint density at radius 3 is 2.47 bits per heavy atom. The fourth-order valence-corrected chi connectivity index (χ4v) is 3.23. The minimum atomic E-state index is 0.812. The van der Waals surface area contributed by atoms with Crippen LogP contribution in [-0.4, -0.2) is 36.6 Å². The molecule has 0 bridgehead atoms. The molecule has 86 valence electrons. The van der Waals surface area contributed by atoms with Crippen LogP contribution in [0, 0.1) is 5.92 Å². The van der Waals surface area contributed by atoms with Gasteiger partial charge in [0, 0.05) is 25.2 Å². The Hall–Kier alpha value is -0.0800. The van der Waals surface area contributed by atoms with E-state index in [1.165, 1.54) is 64.6 Å². The predicted octanol–water partition coefficient (Wildman–Crippen LogP) is 2.00. The fraction of sp³-hybridized carbons (Fsp3) is 1.00. The van der Waals surface area contributed by atoms with Crippen molar-refractivity contribution in [3.63, 3.8) is 0 Å². The second-order valence-electron chi connectivity index (χ2n) is 5.84. The van der Waals surface area contributed by atoms with Crippen LogP contribution < -0.4 is 5.32 Å². The Morgan fingerprint density at radius 2 is 1.73 bits per heavy atom. The smallest absolute Gasteiger partial charge is 0.0209 e. The van der Waals surface area contributed by atoms with E-state index in [2.05, 4.69) is 10.2 Å². The molecule has 0 radical (unpaired) electrons. The van der Waals surface area contributed by atoms with Crippen molar-refractivity contribution >= 4 is 0 Å².